The van der Waals surface area contributed by atoms with Crippen LogP contribution >= 0.6 is 0 Å². The van der Waals surface area contributed by atoms with Crippen molar-refractivity contribution in [2.45, 2.75) is 33.4 Å². The number of hydrogen-bond donors (Lipinski definition) is 2. The van der Waals surface area contributed by atoms with Crippen LogP contribution in [0.15, 0.2) is 22.7 Å². The van der Waals surface area contributed by atoms with Crippen LogP contribution in [0.1, 0.15) is 25.2 Å². The van der Waals surface area contributed by atoms with Crippen molar-refractivity contribution in [3.63, 3.8) is 0 Å². The summed E-state index contributed by atoms with van der Waals surface area (Å²) in [5, 5.41) is 10.8. The number of aromatic amines is 1. The molecule has 0 bridgehead atoms. The van der Waals surface area contributed by atoms with Gasteiger partial charge in [0, 0.05) is 37.8 Å². The molecule has 0 aromatic carbocycles. The van der Waals surface area contributed by atoms with E-state index >= 15 is 0 Å². The molecular weight excluding hydrogens is 304 g/mol. The zero-order valence-electron chi connectivity index (χ0n) is 14.8. The Hall–Kier alpha value is -1.63. The number of ether oxygens (including phenoxy) is 1. The average Bonchev–Trinajstić information content (AvgIpc) is 3.20. The quantitative estimate of drug-likeness (QED) is 0.815. The van der Waals surface area contributed by atoms with Crippen LogP contribution in [0.3, 0.4) is 0 Å². The molecule has 6 nitrogen and oxygen atoms in total. The molecule has 1 aliphatic heterocycles. The number of nitrogens with one attached hydrogen (secondary N) is 2. The Bertz CT molecular complexity index is 629. The zero-order chi connectivity index (χ0) is 16.9. The third-order valence-electron chi connectivity index (χ3n) is 4.66. The molecule has 132 valence electrons. The van der Waals surface area contributed by atoms with Gasteiger partial charge < -0.3 is 14.5 Å². The van der Waals surface area contributed by atoms with E-state index in [0.717, 1.165) is 62.2 Å². The molecule has 0 aliphatic carbocycles. The van der Waals surface area contributed by atoms with Gasteiger partial charge in [0.1, 0.15) is 11.5 Å². The molecule has 1 fully saturated rings. The molecule has 3 heterocycles. The highest BCUT2D eigenvalue weighted by atomic mass is 16.5. The van der Waals surface area contributed by atoms with E-state index in [9.17, 15) is 0 Å². The van der Waals surface area contributed by atoms with E-state index in [-0.39, 0.29) is 0 Å². The third kappa shape index (κ3) is 4.06. The van der Waals surface area contributed by atoms with Crippen LogP contribution < -0.4 is 5.32 Å². The molecule has 2 aromatic heterocycles. The van der Waals surface area contributed by atoms with Crippen molar-refractivity contribution in [1.82, 2.24) is 20.4 Å². The lowest BCUT2D eigenvalue weighted by molar-refractivity contribution is 0.00648. The second-order valence-corrected chi connectivity index (χ2v) is 6.77. The minimum Gasteiger partial charge on any atom is -0.460 e. The monoisotopic (exact) mass is 332 g/mol. The Kier molecular flexibility index (Phi) is 5.71. The van der Waals surface area contributed by atoms with Crippen LogP contribution in [-0.2, 0) is 11.3 Å². The number of nitrogens with zero attached hydrogens (tertiary/aromatic N) is 2. The number of aromatic nitrogens is 2. The van der Waals surface area contributed by atoms with E-state index in [1.807, 2.05) is 25.3 Å². The van der Waals surface area contributed by atoms with Crippen molar-refractivity contribution in [3.8, 4) is 11.5 Å². The van der Waals surface area contributed by atoms with Crippen molar-refractivity contribution in [2.75, 3.05) is 32.8 Å². The summed E-state index contributed by atoms with van der Waals surface area (Å²) >= 11 is 0. The fourth-order valence-electron chi connectivity index (χ4n) is 3.28. The highest BCUT2D eigenvalue weighted by Gasteiger charge is 2.23. The molecule has 0 spiro atoms. The van der Waals surface area contributed by atoms with Crippen LogP contribution in [0.2, 0.25) is 0 Å². The lowest BCUT2D eigenvalue weighted by atomic mass is 10.0. The maximum atomic E-state index is 5.71. The Morgan fingerprint density at radius 2 is 2.08 bits per heavy atom. The maximum absolute atomic E-state index is 5.71. The molecule has 3 rings (SSSR count). The summed E-state index contributed by atoms with van der Waals surface area (Å²) in [7, 11) is 0. The van der Waals surface area contributed by atoms with E-state index in [1.165, 1.54) is 0 Å². The maximum Gasteiger partial charge on any atom is 0.152 e. The van der Waals surface area contributed by atoms with Gasteiger partial charge in [0.2, 0.25) is 0 Å². The fourth-order valence-corrected chi connectivity index (χ4v) is 3.28. The smallest absolute Gasteiger partial charge is 0.152 e. The molecule has 1 aliphatic rings. The fraction of sp³-hybridized carbons (Fsp3) is 0.611. The van der Waals surface area contributed by atoms with Crippen molar-refractivity contribution < 1.29 is 9.15 Å². The molecule has 1 saturated heterocycles. The summed E-state index contributed by atoms with van der Waals surface area (Å²) in [5.41, 5.74) is 2.09. The molecule has 0 saturated carbocycles. The van der Waals surface area contributed by atoms with Gasteiger partial charge in [0.25, 0.3) is 0 Å². The van der Waals surface area contributed by atoms with Crippen molar-refractivity contribution in [1.29, 1.82) is 0 Å². The summed E-state index contributed by atoms with van der Waals surface area (Å²) < 4.78 is 11.2. The Labute approximate surface area is 143 Å². The highest BCUT2D eigenvalue weighted by Crippen LogP contribution is 2.23. The Balaban J connectivity index is 1.58. The van der Waals surface area contributed by atoms with Crippen LogP contribution in [0, 0.1) is 12.8 Å². The number of furan rings is 1. The van der Waals surface area contributed by atoms with Gasteiger partial charge in [0.05, 0.1) is 19.4 Å². The second kappa shape index (κ2) is 7.96. The first-order chi connectivity index (χ1) is 11.6. The van der Waals surface area contributed by atoms with Crippen LogP contribution in [0.25, 0.3) is 11.5 Å². The van der Waals surface area contributed by atoms with Crippen LogP contribution in [-0.4, -0.2) is 54.0 Å². The van der Waals surface area contributed by atoms with Crippen molar-refractivity contribution in [2.24, 2.45) is 5.92 Å². The predicted octanol–water partition coefficient (Wildman–Crippen LogP) is 2.42. The van der Waals surface area contributed by atoms with Gasteiger partial charge in [-0.05, 0) is 25.0 Å². The summed E-state index contributed by atoms with van der Waals surface area (Å²) in [4.78, 5) is 2.54. The summed E-state index contributed by atoms with van der Waals surface area (Å²) in [6.07, 6.45) is 1.87. The van der Waals surface area contributed by atoms with Crippen LogP contribution in [0.4, 0.5) is 0 Å². The number of morpholine rings is 1. The van der Waals surface area contributed by atoms with Gasteiger partial charge in [0.15, 0.2) is 5.76 Å². The number of hydrogen-bond acceptors (Lipinski definition) is 5. The zero-order valence-corrected chi connectivity index (χ0v) is 14.8. The minimum atomic E-state index is 0.523. The standard InChI is InChI=1S/C18H28N4O2/c1-13(2)16(22-6-8-23-9-7-22)12-19-10-15-11-20-21-18(15)17-5-4-14(3)24-17/h4-5,11,13,16,19H,6-10,12H2,1-3H3,(H,20,21). The van der Waals surface area contributed by atoms with E-state index in [1.54, 1.807) is 0 Å². The van der Waals surface area contributed by atoms with Crippen molar-refractivity contribution in [3.05, 3.63) is 29.7 Å². The van der Waals surface area contributed by atoms with Gasteiger partial charge in [-0.1, -0.05) is 13.8 Å². The third-order valence-corrected chi connectivity index (χ3v) is 4.66. The largest absolute Gasteiger partial charge is 0.460 e. The molecule has 0 radical (unpaired) electrons. The lowest BCUT2D eigenvalue weighted by Crippen LogP contribution is -2.50. The molecular formula is C18H28N4O2. The molecule has 2 N–H and O–H groups in total. The molecule has 1 unspecified atom stereocenters. The normalized spacial score (nSPS) is 17.5. The molecule has 0 amide bonds. The average molecular weight is 332 g/mol. The van der Waals surface area contributed by atoms with E-state index in [0.29, 0.717) is 12.0 Å². The molecule has 24 heavy (non-hydrogen) atoms. The molecule has 2 aromatic rings. The minimum absolute atomic E-state index is 0.523. The molecule has 1 atom stereocenters. The Morgan fingerprint density at radius 3 is 2.75 bits per heavy atom. The number of rotatable bonds is 7. The van der Waals surface area contributed by atoms with E-state index < -0.39 is 0 Å². The van der Waals surface area contributed by atoms with E-state index in [2.05, 4.69) is 34.3 Å². The first-order valence-corrected chi connectivity index (χ1v) is 8.76. The first-order valence-electron chi connectivity index (χ1n) is 8.76. The summed E-state index contributed by atoms with van der Waals surface area (Å²) in [5.74, 6) is 2.35. The molecule has 6 heteroatoms. The summed E-state index contributed by atoms with van der Waals surface area (Å²) in [6, 6.07) is 4.48. The second-order valence-electron chi connectivity index (χ2n) is 6.77. The topological polar surface area (TPSA) is 66.3 Å². The SMILES string of the molecule is Cc1ccc(-c2[nH]ncc2CNCC(C(C)C)N2CCOCC2)o1. The van der Waals surface area contributed by atoms with E-state index in [4.69, 9.17) is 9.15 Å². The lowest BCUT2D eigenvalue weighted by Gasteiger charge is -2.37. The highest BCUT2D eigenvalue weighted by molar-refractivity contribution is 5.56. The van der Waals surface area contributed by atoms with Gasteiger partial charge in [-0.2, -0.15) is 5.10 Å². The van der Waals surface area contributed by atoms with Gasteiger partial charge in [-0.15, -0.1) is 0 Å². The van der Waals surface area contributed by atoms with Gasteiger partial charge in [-0.3, -0.25) is 10.00 Å². The number of H-pyrrole nitrogens is 1. The first kappa shape index (κ1) is 17.2. The van der Waals surface area contributed by atoms with Gasteiger partial charge >= 0.3 is 0 Å². The Morgan fingerprint density at radius 1 is 1.29 bits per heavy atom. The number of aryl methyl sites for hydroxylation is 1. The van der Waals surface area contributed by atoms with Gasteiger partial charge in [-0.25, -0.2) is 0 Å². The predicted molar refractivity (Wildman–Crippen MR) is 93.8 cm³/mol. The van der Waals surface area contributed by atoms with Crippen molar-refractivity contribution >= 4 is 0 Å². The van der Waals surface area contributed by atoms with Crippen LogP contribution in [0.5, 0.6) is 0 Å². The summed E-state index contributed by atoms with van der Waals surface area (Å²) in [6.45, 7) is 12.0.